The Labute approximate surface area is 103 Å². The number of rotatable bonds is 3. The van der Waals surface area contributed by atoms with E-state index in [0.717, 1.165) is 12.8 Å². The van der Waals surface area contributed by atoms with E-state index in [2.05, 4.69) is 19.6 Å². The first-order valence-electron chi connectivity index (χ1n) is 6.30. The monoisotopic (exact) mass is 232 g/mol. The maximum Gasteiger partial charge on any atom is 0.162 e. The largest absolute Gasteiger partial charge is 0.300 e. The van der Waals surface area contributed by atoms with Crippen molar-refractivity contribution in [3.8, 4) is 0 Å². The molecule has 0 aliphatic heterocycles. The van der Waals surface area contributed by atoms with Crippen molar-refractivity contribution < 1.29 is 9.59 Å². The minimum absolute atomic E-state index is 0.0853. The molecule has 2 bridgehead atoms. The summed E-state index contributed by atoms with van der Waals surface area (Å²) in [6.07, 6.45) is 4.16. The molecule has 0 saturated heterocycles. The van der Waals surface area contributed by atoms with E-state index >= 15 is 0 Å². The zero-order valence-electron chi connectivity index (χ0n) is 10.8. The minimum atomic E-state index is -0.145. The molecular weight excluding hydrogens is 212 g/mol. The van der Waals surface area contributed by atoms with Gasteiger partial charge >= 0.3 is 0 Å². The Kier molecular flexibility index (Phi) is 3.07. The van der Waals surface area contributed by atoms with E-state index in [4.69, 9.17) is 0 Å². The molecule has 2 aliphatic carbocycles. The summed E-state index contributed by atoms with van der Waals surface area (Å²) in [6, 6.07) is 0. The van der Waals surface area contributed by atoms with Gasteiger partial charge in [-0.2, -0.15) is 0 Å². The summed E-state index contributed by atoms with van der Waals surface area (Å²) in [5.41, 5.74) is 1.87. The molecule has 92 valence electrons. The van der Waals surface area contributed by atoms with Gasteiger partial charge in [-0.3, -0.25) is 9.59 Å². The number of carbonyl (C=O) groups is 2. The van der Waals surface area contributed by atoms with Crippen LogP contribution < -0.4 is 0 Å². The van der Waals surface area contributed by atoms with E-state index in [-0.39, 0.29) is 29.3 Å². The predicted octanol–water partition coefficient (Wildman–Crippen LogP) is 2.94. The van der Waals surface area contributed by atoms with Crippen LogP contribution in [-0.2, 0) is 9.59 Å². The van der Waals surface area contributed by atoms with Crippen molar-refractivity contribution in [2.75, 3.05) is 0 Å². The fourth-order valence-corrected chi connectivity index (χ4v) is 3.58. The smallest absolute Gasteiger partial charge is 0.162 e. The average Bonchev–Trinajstić information content (AvgIpc) is 2.57. The van der Waals surface area contributed by atoms with Crippen LogP contribution in [0.4, 0.5) is 0 Å². The first-order valence-corrected chi connectivity index (χ1v) is 6.30. The maximum absolute atomic E-state index is 12.3. The minimum Gasteiger partial charge on any atom is -0.300 e. The van der Waals surface area contributed by atoms with Crippen LogP contribution in [0.25, 0.3) is 0 Å². The molecule has 0 aromatic carbocycles. The molecule has 2 nitrogen and oxygen atoms in total. The lowest BCUT2D eigenvalue weighted by Crippen LogP contribution is -2.30. The van der Waals surface area contributed by atoms with Crippen molar-refractivity contribution >= 4 is 11.6 Å². The van der Waals surface area contributed by atoms with Gasteiger partial charge in [-0.15, -0.1) is 0 Å². The Morgan fingerprint density at radius 2 is 1.94 bits per heavy atom. The van der Waals surface area contributed by atoms with Gasteiger partial charge in [0.1, 0.15) is 5.78 Å². The number of allylic oxidation sites excluding steroid dienone is 3. The fraction of sp³-hybridized carbons (Fsp3) is 0.600. The highest BCUT2D eigenvalue weighted by Crippen LogP contribution is 2.51. The molecule has 0 N–H and O–H groups in total. The summed E-state index contributed by atoms with van der Waals surface area (Å²) in [5.74, 6) is 0.667. The number of Topliss-reactive ketones (excluding diaryl/α,β-unsaturated/α-hetero) is 2. The third-order valence-electron chi connectivity index (χ3n) is 4.41. The molecule has 2 heteroatoms. The number of carbonyl (C=O) groups excluding carboxylic acids is 2. The number of fused-ring (bicyclic) bond motifs is 2. The van der Waals surface area contributed by atoms with Gasteiger partial charge in [0.15, 0.2) is 5.78 Å². The van der Waals surface area contributed by atoms with Crippen molar-refractivity contribution in [1.29, 1.82) is 0 Å². The normalized spacial score (nSPS) is 35.4. The van der Waals surface area contributed by atoms with Gasteiger partial charge < -0.3 is 0 Å². The molecule has 4 atom stereocenters. The van der Waals surface area contributed by atoms with Crippen LogP contribution in [0.5, 0.6) is 0 Å². The Hall–Kier alpha value is -1.18. The van der Waals surface area contributed by atoms with Crippen LogP contribution in [0.2, 0.25) is 0 Å². The average molecular weight is 232 g/mol. The summed E-state index contributed by atoms with van der Waals surface area (Å²) in [6.45, 7) is 9.21. The Balaban J connectivity index is 2.38. The van der Waals surface area contributed by atoms with Crippen molar-refractivity contribution in [2.24, 2.45) is 23.7 Å². The van der Waals surface area contributed by atoms with Crippen molar-refractivity contribution in [3.05, 3.63) is 23.8 Å². The van der Waals surface area contributed by atoms with Gasteiger partial charge in [0.05, 0.1) is 0 Å². The van der Waals surface area contributed by atoms with Gasteiger partial charge in [-0.25, -0.2) is 0 Å². The molecule has 0 heterocycles. The highest BCUT2D eigenvalue weighted by molar-refractivity contribution is 6.00. The first-order chi connectivity index (χ1) is 7.93. The molecule has 2 aliphatic rings. The molecule has 0 aromatic rings. The first kappa shape index (κ1) is 12.3. The highest BCUT2D eigenvalue weighted by atomic mass is 16.1. The standard InChI is InChI=1S/C15H20O2/c1-8(2)15(17)14-12-7-11(6-5-9(12)3)13(14)10(4)16/h5,11-14H,1,6-7H2,2-4H3. The van der Waals surface area contributed by atoms with Crippen LogP contribution in [0, 0.1) is 23.7 Å². The molecule has 17 heavy (non-hydrogen) atoms. The molecule has 0 spiro atoms. The van der Waals surface area contributed by atoms with E-state index in [1.165, 1.54) is 5.57 Å². The van der Waals surface area contributed by atoms with Crippen LogP contribution in [-0.4, -0.2) is 11.6 Å². The van der Waals surface area contributed by atoms with Crippen molar-refractivity contribution in [3.63, 3.8) is 0 Å². The zero-order valence-corrected chi connectivity index (χ0v) is 10.8. The summed E-state index contributed by atoms with van der Waals surface area (Å²) in [4.78, 5) is 24.1. The molecule has 2 rings (SSSR count). The Morgan fingerprint density at radius 1 is 1.29 bits per heavy atom. The van der Waals surface area contributed by atoms with E-state index in [1.54, 1.807) is 13.8 Å². The summed E-state index contributed by atoms with van der Waals surface area (Å²) >= 11 is 0. The lowest BCUT2D eigenvalue weighted by Gasteiger charge is -2.22. The van der Waals surface area contributed by atoms with Crippen LogP contribution in [0.1, 0.15) is 33.6 Å². The van der Waals surface area contributed by atoms with Gasteiger partial charge in [-0.1, -0.05) is 18.2 Å². The highest BCUT2D eigenvalue weighted by Gasteiger charge is 2.50. The Morgan fingerprint density at radius 3 is 2.47 bits per heavy atom. The maximum atomic E-state index is 12.3. The van der Waals surface area contributed by atoms with Gasteiger partial charge in [0.2, 0.25) is 0 Å². The van der Waals surface area contributed by atoms with Gasteiger partial charge in [0.25, 0.3) is 0 Å². The number of hydrogen-bond acceptors (Lipinski definition) is 2. The fourth-order valence-electron chi connectivity index (χ4n) is 3.58. The molecule has 1 fully saturated rings. The number of hydrogen-bond donors (Lipinski definition) is 0. The second kappa shape index (κ2) is 4.25. The van der Waals surface area contributed by atoms with E-state index in [0.29, 0.717) is 11.5 Å². The van der Waals surface area contributed by atoms with Gasteiger partial charge in [-0.05, 0) is 51.0 Å². The quantitative estimate of drug-likeness (QED) is 0.554. The summed E-state index contributed by atoms with van der Waals surface area (Å²) in [7, 11) is 0. The Bertz CT molecular complexity index is 417. The number of ketones is 2. The molecular formula is C15H20O2. The predicted molar refractivity (Wildman–Crippen MR) is 67.5 cm³/mol. The van der Waals surface area contributed by atoms with Crippen LogP contribution in [0.3, 0.4) is 0 Å². The third-order valence-corrected chi connectivity index (χ3v) is 4.41. The third kappa shape index (κ3) is 1.90. The molecule has 0 amide bonds. The SMILES string of the molecule is C=C(C)C(=O)C1C2CC(CC=C2C)C1C(C)=O. The second-order valence-electron chi connectivity index (χ2n) is 5.59. The van der Waals surface area contributed by atoms with Crippen LogP contribution in [0.15, 0.2) is 23.8 Å². The van der Waals surface area contributed by atoms with E-state index in [9.17, 15) is 9.59 Å². The van der Waals surface area contributed by atoms with E-state index in [1.807, 2.05) is 0 Å². The summed E-state index contributed by atoms with van der Waals surface area (Å²) in [5, 5.41) is 0. The van der Waals surface area contributed by atoms with E-state index < -0.39 is 0 Å². The topological polar surface area (TPSA) is 34.1 Å². The zero-order chi connectivity index (χ0) is 12.7. The lowest BCUT2D eigenvalue weighted by atomic mass is 9.79. The second-order valence-corrected chi connectivity index (χ2v) is 5.59. The molecule has 1 saturated carbocycles. The lowest BCUT2D eigenvalue weighted by molar-refractivity contribution is -0.129. The molecule has 0 radical (unpaired) electrons. The van der Waals surface area contributed by atoms with Gasteiger partial charge in [0, 0.05) is 11.8 Å². The summed E-state index contributed by atoms with van der Waals surface area (Å²) < 4.78 is 0. The van der Waals surface area contributed by atoms with Crippen molar-refractivity contribution in [1.82, 2.24) is 0 Å². The van der Waals surface area contributed by atoms with Crippen LogP contribution >= 0.6 is 0 Å². The van der Waals surface area contributed by atoms with Crippen molar-refractivity contribution in [2.45, 2.75) is 33.6 Å². The molecule has 0 aromatic heterocycles. The molecule has 4 unspecified atom stereocenters.